The van der Waals surface area contributed by atoms with Gasteiger partial charge >= 0.3 is 44.9 Å². The summed E-state index contributed by atoms with van der Waals surface area (Å²) < 4.78 is 11.9. The SMILES string of the molecule is C[O][Pb]([CH3])([CH3])[CH3]. The van der Waals surface area contributed by atoms with Crippen LogP contribution < -0.4 is 0 Å². The fraction of sp³-hybridized carbons (Fsp3) is 1.00. The van der Waals surface area contributed by atoms with E-state index in [-0.39, 0.29) is 0 Å². The fourth-order valence-corrected chi connectivity index (χ4v) is 0. The first-order valence-electron chi connectivity index (χ1n) is 2.11. The molecule has 0 saturated carbocycles. The van der Waals surface area contributed by atoms with Gasteiger partial charge in [0.2, 0.25) is 0 Å². The van der Waals surface area contributed by atoms with Gasteiger partial charge in [-0.1, -0.05) is 0 Å². The molecule has 0 aliphatic carbocycles. The molecule has 0 atom stereocenters. The van der Waals surface area contributed by atoms with Crippen molar-refractivity contribution >= 4 is 21.6 Å². The molecular formula is C4H12OPb. The number of rotatable bonds is 1. The van der Waals surface area contributed by atoms with Crippen LogP contribution >= 0.6 is 0 Å². The van der Waals surface area contributed by atoms with Crippen LogP contribution in [0.4, 0.5) is 0 Å². The molecule has 0 heterocycles. The normalized spacial score (nSPS) is 12.0. The molecule has 0 fully saturated rings. The Morgan fingerprint density at radius 3 is 1.33 bits per heavy atom. The predicted molar refractivity (Wildman–Crippen MR) is 30.4 cm³/mol. The predicted octanol–water partition coefficient (Wildman–Crippen LogP) is 1.47. The summed E-state index contributed by atoms with van der Waals surface area (Å²) in [6.45, 7) is 0. The van der Waals surface area contributed by atoms with Crippen molar-refractivity contribution in [3.63, 3.8) is 0 Å². The molecule has 0 rings (SSSR count). The average molecular weight is 283 g/mol. The van der Waals surface area contributed by atoms with Crippen LogP contribution in [0.25, 0.3) is 0 Å². The van der Waals surface area contributed by atoms with Gasteiger partial charge in [-0.05, 0) is 0 Å². The molecule has 0 N–H and O–H groups in total. The van der Waals surface area contributed by atoms with Crippen molar-refractivity contribution in [1.29, 1.82) is 0 Å². The van der Waals surface area contributed by atoms with E-state index >= 15 is 0 Å². The zero-order chi connectivity index (χ0) is 5.21. The molecule has 6 heavy (non-hydrogen) atoms. The van der Waals surface area contributed by atoms with Gasteiger partial charge in [0, 0.05) is 0 Å². The zero-order valence-corrected chi connectivity index (χ0v) is 8.80. The molecule has 0 bridgehead atoms. The van der Waals surface area contributed by atoms with Gasteiger partial charge in [-0.2, -0.15) is 0 Å². The molecule has 0 aromatic rings. The van der Waals surface area contributed by atoms with Crippen LogP contribution in [0, 0.1) is 0 Å². The molecule has 0 aromatic carbocycles. The van der Waals surface area contributed by atoms with Crippen LogP contribution in [0.1, 0.15) is 0 Å². The summed E-state index contributed by atoms with van der Waals surface area (Å²) in [5.74, 6) is 0. The van der Waals surface area contributed by atoms with Gasteiger partial charge in [0.15, 0.2) is 0 Å². The number of hydrogen-bond donors (Lipinski definition) is 0. The van der Waals surface area contributed by atoms with E-state index in [2.05, 4.69) is 13.4 Å². The standard InChI is InChI=1S/CH3O.3CH3.Pb/c1-2;;;;/h1H3;3*1H3;/q-1;;;;+1. The van der Waals surface area contributed by atoms with Crippen LogP contribution in [0.15, 0.2) is 0 Å². The summed E-state index contributed by atoms with van der Waals surface area (Å²) in [5.41, 5.74) is 0. The average Bonchev–Trinajstić information content (AvgIpc) is 1.35. The minimum absolute atomic E-state index is 1.81. The van der Waals surface area contributed by atoms with E-state index in [0.717, 1.165) is 0 Å². The Labute approximate surface area is 45.0 Å². The zero-order valence-electron chi connectivity index (χ0n) is 4.91. The Morgan fingerprint density at radius 1 is 1.17 bits per heavy atom. The Hall–Kier alpha value is 0.882. The summed E-state index contributed by atoms with van der Waals surface area (Å²) in [4.78, 5) is 0. The Kier molecular flexibility index (Phi) is 2.59. The first-order chi connectivity index (χ1) is 2.56. The van der Waals surface area contributed by atoms with Crippen molar-refractivity contribution in [2.24, 2.45) is 0 Å². The van der Waals surface area contributed by atoms with Crippen LogP contribution in [0.3, 0.4) is 0 Å². The summed E-state index contributed by atoms with van der Waals surface area (Å²) in [5, 5.41) is 0. The molecule has 38 valence electrons. The van der Waals surface area contributed by atoms with E-state index in [1.54, 1.807) is 0 Å². The van der Waals surface area contributed by atoms with Gasteiger partial charge in [-0.15, -0.1) is 0 Å². The van der Waals surface area contributed by atoms with E-state index in [1.165, 1.54) is 0 Å². The van der Waals surface area contributed by atoms with Crippen molar-refractivity contribution in [2.75, 3.05) is 7.11 Å². The Bertz CT molecular complexity index is 37.3. The molecule has 0 saturated heterocycles. The van der Waals surface area contributed by atoms with E-state index in [1.807, 2.05) is 7.11 Å². The summed E-state index contributed by atoms with van der Waals surface area (Å²) >= 11 is -1.83. The summed E-state index contributed by atoms with van der Waals surface area (Å²) in [6.07, 6.45) is 0. The Morgan fingerprint density at radius 2 is 1.33 bits per heavy atom. The maximum absolute atomic E-state index is 5.16. The van der Waals surface area contributed by atoms with Gasteiger partial charge < -0.3 is 0 Å². The topological polar surface area (TPSA) is 9.23 Å². The third-order valence-electron chi connectivity index (χ3n) is 0.612. The quantitative estimate of drug-likeness (QED) is 0.662. The molecule has 0 spiro atoms. The second-order valence-electron chi connectivity index (χ2n) is 2.32. The van der Waals surface area contributed by atoms with Crippen molar-refractivity contribution in [3.8, 4) is 0 Å². The molecule has 0 amide bonds. The van der Waals surface area contributed by atoms with Crippen LogP contribution in [-0.4, -0.2) is 28.7 Å². The monoisotopic (exact) mass is 284 g/mol. The third kappa shape index (κ3) is 4.88. The second kappa shape index (κ2) is 2.26. The van der Waals surface area contributed by atoms with Crippen LogP contribution in [0.2, 0.25) is 13.4 Å². The van der Waals surface area contributed by atoms with Gasteiger partial charge in [-0.3, -0.25) is 0 Å². The molecule has 0 aliphatic heterocycles. The van der Waals surface area contributed by atoms with Crippen molar-refractivity contribution in [2.45, 2.75) is 13.4 Å². The first kappa shape index (κ1) is 6.88. The fourth-order valence-electron chi connectivity index (χ4n) is 0. The van der Waals surface area contributed by atoms with Crippen molar-refractivity contribution < 1.29 is 2.69 Å². The van der Waals surface area contributed by atoms with E-state index in [4.69, 9.17) is 2.69 Å². The van der Waals surface area contributed by atoms with E-state index < -0.39 is 21.6 Å². The van der Waals surface area contributed by atoms with Crippen molar-refractivity contribution in [1.82, 2.24) is 0 Å². The third-order valence-corrected chi connectivity index (χ3v) is 5.37. The number of hydrogen-bond acceptors (Lipinski definition) is 1. The van der Waals surface area contributed by atoms with Crippen LogP contribution in [-0.2, 0) is 2.69 Å². The molecular weight excluding hydrogens is 271 g/mol. The minimum atomic E-state index is -1.83. The molecule has 0 radical (unpaired) electrons. The molecule has 0 unspecified atom stereocenters. The van der Waals surface area contributed by atoms with E-state index in [9.17, 15) is 0 Å². The second-order valence-corrected chi connectivity index (χ2v) is 20.3. The maximum atomic E-state index is 5.16. The Balaban J connectivity index is 3.17. The molecule has 0 aliphatic rings. The molecule has 1 nitrogen and oxygen atoms in total. The van der Waals surface area contributed by atoms with Crippen molar-refractivity contribution in [3.05, 3.63) is 0 Å². The van der Waals surface area contributed by atoms with Crippen LogP contribution in [0.5, 0.6) is 0 Å². The van der Waals surface area contributed by atoms with Gasteiger partial charge in [0.05, 0.1) is 0 Å². The summed E-state index contributed by atoms with van der Waals surface area (Å²) in [6, 6.07) is 0. The van der Waals surface area contributed by atoms with Gasteiger partial charge in [-0.25, -0.2) is 0 Å². The van der Waals surface area contributed by atoms with Gasteiger partial charge in [0.25, 0.3) is 0 Å². The van der Waals surface area contributed by atoms with Gasteiger partial charge in [0.1, 0.15) is 0 Å². The summed E-state index contributed by atoms with van der Waals surface area (Å²) in [7, 11) is 1.81. The van der Waals surface area contributed by atoms with E-state index in [0.29, 0.717) is 0 Å². The molecule has 0 aromatic heterocycles. The molecule has 2 heteroatoms. The first-order valence-corrected chi connectivity index (χ1v) is 15.4.